The van der Waals surface area contributed by atoms with E-state index in [4.69, 9.17) is 25.8 Å². The number of hydrogen-bond acceptors (Lipinski definition) is 7. The highest BCUT2D eigenvalue weighted by Crippen LogP contribution is 2.35. The molecule has 11 heteroatoms. The Bertz CT molecular complexity index is 1080. The molecule has 0 radical (unpaired) electrons. The van der Waals surface area contributed by atoms with Crippen molar-refractivity contribution in [3.63, 3.8) is 0 Å². The second-order valence-corrected chi connectivity index (χ2v) is 9.44. The van der Waals surface area contributed by atoms with Gasteiger partial charge >= 0.3 is 16.0 Å². The van der Waals surface area contributed by atoms with E-state index in [2.05, 4.69) is 0 Å². The fraction of sp³-hybridized carbons (Fsp3) is 0.333. The van der Waals surface area contributed by atoms with Gasteiger partial charge in [0.15, 0.2) is 12.4 Å². The van der Waals surface area contributed by atoms with Crippen LogP contribution in [0.15, 0.2) is 53.4 Å². The Balaban J connectivity index is 1.89. The van der Waals surface area contributed by atoms with Crippen molar-refractivity contribution in [2.75, 3.05) is 13.2 Å². The molecular weight excluding hydrogens is 441 g/mol. The number of sulfonamides is 1. The molecule has 0 amide bonds. The van der Waals surface area contributed by atoms with Crippen LogP contribution in [0, 0.1) is 11.2 Å². The highest BCUT2D eigenvalue weighted by molar-refractivity contribution is 7.85. The van der Waals surface area contributed by atoms with E-state index in [1.807, 2.05) is 0 Å². The normalized spacial score (nSPS) is 21.0. The summed E-state index contributed by atoms with van der Waals surface area (Å²) in [6, 6.07) is 9.40. The maximum atomic E-state index is 13.6. The Morgan fingerprint density at radius 1 is 1.16 bits per heavy atom. The van der Waals surface area contributed by atoms with Gasteiger partial charge in [0.2, 0.25) is 6.04 Å². The number of quaternary nitrogens is 1. The Morgan fingerprint density at radius 2 is 1.81 bits per heavy atom. The molecule has 0 saturated carbocycles. The van der Waals surface area contributed by atoms with Crippen LogP contribution >= 0.6 is 0 Å². The average molecular weight is 467 g/mol. The quantitative estimate of drug-likeness (QED) is 0.306. The highest BCUT2D eigenvalue weighted by Gasteiger charge is 2.57. The molecule has 172 valence electrons. The number of nitrogens with two attached hydrogens (primary N) is 1. The van der Waals surface area contributed by atoms with E-state index in [-0.39, 0.29) is 24.5 Å². The molecule has 1 fully saturated rings. The van der Waals surface area contributed by atoms with Crippen LogP contribution in [-0.4, -0.2) is 48.6 Å². The van der Waals surface area contributed by atoms with Gasteiger partial charge in [0.25, 0.3) is 0 Å². The summed E-state index contributed by atoms with van der Waals surface area (Å²) < 4.78 is 44.7. The summed E-state index contributed by atoms with van der Waals surface area (Å²) in [5.74, 6) is -1.68. The molecule has 1 aliphatic heterocycles. The number of hydroxylamine groups is 2. The molecule has 32 heavy (non-hydrogen) atoms. The molecule has 4 N–H and O–H groups in total. The first kappa shape index (κ1) is 23.6. The number of aliphatic hydroxyl groups is 1. The molecule has 1 saturated heterocycles. The Labute approximate surface area is 185 Å². The number of nitrogens with zero attached hydrogens (tertiary/aromatic N) is 1. The summed E-state index contributed by atoms with van der Waals surface area (Å²) in [6.07, 6.45) is 1.25. The number of rotatable bonds is 8. The molecule has 1 aliphatic rings. The topological polar surface area (TPSA) is 140 Å². The fourth-order valence-electron chi connectivity index (χ4n) is 3.65. The summed E-state index contributed by atoms with van der Waals surface area (Å²) in [6.45, 7) is -0.834. The number of ether oxygens (including phenoxy) is 1. The third kappa shape index (κ3) is 4.74. The van der Waals surface area contributed by atoms with Crippen molar-refractivity contribution < 1.29 is 36.3 Å². The van der Waals surface area contributed by atoms with E-state index >= 15 is 0 Å². The van der Waals surface area contributed by atoms with Crippen LogP contribution < -0.4 is 10.5 Å². The minimum Gasteiger partial charge on any atom is -0.482 e. The van der Waals surface area contributed by atoms with Gasteiger partial charge in [-0.15, -0.1) is 0 Å². The zero-order valence-electron chi connectivity index (χ0n) is 17.2. The first-order valence-electron chi connectivity index (χ1n) is 9.97. The van der Waals surface area contributed by atoms with Crippen molar-refractivity contribution in [3.05, 3.63) is 59.9 Å². The second-order valence-electron chi connectivity index (χ2n) is 7.40. The molecule has 0 bridgehead atoms. The maximum Gasteiger partial charge on any atom is 0.405 e. The lowest BCUT2D eigenvalue weighted by Crippen LogP contribution is -2.65. The first-order valence-corrected chi connectivity index (χ1v) is 11.4. The molecule has 1 heterocycles. The van der Waals surface area contributed by atoms with E-state index in [1.54, 1.807) is 24.3 Å². The van der Waals surface area contributed by atoms with Crippen molar-refractivity contribution in [1.82, 2.24) is 0 Å². The molecule has 0 aromatic heterocycles. The van der Waals surface area contributed by atoms with Gasteiger partial charge in [-0.1, -0.05) is 12.1 Å². The van der Waals surface area contributed by atoms with E-state index < -0.39 is 44.3 Å². The predicted octanol–water partition coefficient (Wildman–Crippen LogP) is 1.85. The third-order valence-electron chi connectivity index (χ3n) is 5.27. The Kier molecular flexibility index (Phi) is 7.12. The van der Waals surface area contributed by atoms with E-state index in [9.17, 15) is 17.6 Å². The zero-order chi connectivity index (χ0) is 23.4. The van der Waals surface area contributed by atoms with Crippen LogP contribution in [-0.2, 0) is 26.3 Å². The van der Waals surface area contributed by atoms with Crippen LogP contribution in [0.25, 0.3) is 0 Å². The van der Waals surface area contributed by atoms with Crippen LogP contribution in [0.5, 0.6) is 5.75 Å². The lowest BCUT2D eigenvalue weighted by molar-refractivity contribution is -1.00. The van der Waals surface area contributed by atoms with Gasteiger partial charge in [0.05, 0.1) is 6.61 Å². The minimum atomic E-state index is -4.40. The van der Waals surface area contributed by atoms with Crippen molar-refractivity contribution in [2.45, 2.75) is 36.8 Å². The lowest BCUT2D eigenvalue weighted by atomic mass is 10.0. The van der Waals surface area contributed by atoms with Crippen molar-refractivity contribution in [1.29, 1.82) is 5.41 Å². The van der Waals surface area contributed by atoms with Crippen LogP contribution in [0.2, 0.25) is 0 Å². The van der Waals surface area contributed by atoms with Gasteiger partial charge in [0, 0.05) is 12.8 Å². The summed E-state index contributed by atoms with van der Waals surface area (Å²) in [4.78, 5) is 17.9. The summed E-state index contributed by atoms with van der Waals surface area (Å²) in [5.41, 5.74) is 6.37. The van der Waals surface area contributed by atoms with E-state index in [0.717, 1.165) is 24.3 Å². The number of aliphatic hydroxyl groups excluding tert-OH is 1. The first-order chi connectivity index (χ1) is 15.2. The second kappa shape index (κ2) is 9.63. The van der Waals surface area contributed by atoms with Crippen LogP contribution in [0.4, 0.5) is 4.39 Å². The SMILES string of the molecule is N=C(N)[C@@H]1CCCC[N+]1(OC(=O)COc1ccc(CO)cc1)S(=O)(=O)c1ccc(F)cc1. The monoisotopic (exact) mass is 466 g/mol. The summed E-state index contributed by atoms with van der Waals surface area (Å²) in [5, 5.41) is 17.0. The number of amidine groups is 1. The smallest absolute Gasteiger partial charge is 0.405 e. The molecule has 0 aliphatic carbocycles. The lowest BCUT2D eigenvalue weighted by Gasteiger charge is -2.40. The number of piperidine rings is 1. The largest absolute Gasteiger partial charge is 0.482 e. The Morgan fingerprint density at radius 3 is 2.41 bits per heavy atom. The number of benzene rings is 2. The minimum absolute atomic E-state index is 0.110. The zero-order valence-corrected chi connectivity index (χ0v) is 18.1. The Hall–Kier alpha value is -3.02. The number of hydrogen-bond donors (Lipinski definition) is 3. The van der Waals surface area contributed by atoms with Crippen molar-refractivity contribution in [3.8, 4) is 5.75 Å². The van der Waals surface area contributed by atoms with Crippen molar-refractivity contribution >= 4 is 21.8 Å². The van der Waals surface area contributed by atoms with Gasteiger partial charge in [-0.25, -0.2) is 9.18 Å². The molecule has 1 unspecified atom stereocenters. The van der Waals surface area contributed by atoms with Crippen molar-refractivity contribution in [2.24, 2.45) is 5.73 Å². The molecular formula is C21H25FN3O6S+. The standard InChI is InChI=1S/C21H25FN3O6S/c22-16-6-10-18(11-7-16)32(28,29)25(12-2-1-3-19(25)21(23)24)31-20(27)14-30-17-8-4-15(13-26)5-9-17/h4-11,19,26H,1-3,12-14H2,(H3,23,24)/q+1/t19-,25?/m0/s1. The third-order valence-corrected chi connectivity index (χ3v) is 7.46. The summed E-state index contributed by atoms with van der Waals surface area (Å²) >= 11 is 0. The number of nitrogens with one attached hydrogen (secondary N) is 1. The van der Waals surface area contributed by atoms with Gasteiger partial charge < -0.3 is 15.6 Å². The molecule has 9 nitrogen and oxygen atoms in total. The maximum absolute atomic E-state index is 13.6. The van der Waals surface area contributed by atoms with Gasteiger partial charge in [-0.2, -0.15) is 8.42 Å². The fourth-order valence-corrected chi connectivity index (χ4v) is 5.59. The van der Waals surface area contributed by atoms with E-state index in [0.29, 0.717) is 24.2 Å². The summed E-state index contributed by atoms with van der Waals surface area (Å²) in [7, 11) is -4.40. The number of carbonyl (C=O) groups is 1. The molecule has 2 atom stereocenters. The van der Waals surface area contributed by atoms with Gasteiger partial charge in [0.1, 0.15) is 23.0 Å². The number of halogens is 1. The average Bonchev–Trinajstić information content (AvgIpc) is 2.78. The van der Waals surface area contributed by atoms with E-state index in [1.165, 1.54) is 0 Å². The van der Waals surface area contributed by atoms with Gasteiger partial charge in [-0.05, 0) is 52.4 Å². The molecule has 0 spiro atoms. The molecule has 2 aromatic rings. The van der Waals surface area contributed by atoms with Crippen LogP contribution in [0.3, 0.4) is 0 Å². The van der Waals surface area contributed by atoms with Gasteiger partial charge in [-0.3, -0.25) is 10.2 Å². The molecule has 3 rings (SSSR count). The number of carbonyl (C=O) groups excluding carboxylic acids is 1. The predicted molar refractivity (Wildman–Crippen MR) is 112 cm³/mol. The highest BCUT2D eigenvalue weighted by atomic mass is 32.2. The molecule has 2 aromatic carbocycles. The van der Waals surface area contributed by atoms with Crippen LogP contribution in [0.1, 0.15) is 24.8 Å².